The van der Waals surface area contributed by atoms with Crippen molar-refractivity contribution in [3.05, 3.63) is 24.3 Å². The van der Waals surface area contributed by atoms with Gasteiger partial charge in [-0.2, -0.15) is 0 Å². The van der Waals surface area contributed by atoms with Crippen molar-refractivity contribution in [2.45, 2.75) is 13.3 Å². The van der Waals surface area contributed by atoms with Gasteiger partial charge in [-0.15, -0.1) is 0 Å². The molecule has 1 atom stereocenters. The van der Waals surface area contributed by atoms with Gasteiger partial charge < -0.3 is 24.0 Å². The molecule has 1 fully saturated rings. The Bertz CT molecular complexity index is 678. The molecule has 0 radical (unpaired) electrons. The van der Waals surface area contributed by atoms with Gasteiger partial charge in [0.25, 0.3) is 0 Å². The molecule has 0 spiro atoms. The van der Waals surface area contributed by atoms with Crippen molar-refractivity contribution in [3.63, 3.8) is 0 Å². The number of amides is 2. The lowest BCUT2D eigenvalue weighted by Crippen LogP contribution is -2.42. The fourth-order valence-corrected chi connectivity index (χ4v) is 2.99. The minimum Gasteiger partial charge on any atom is -0.497 e. The van der Waals surface area contributed by atoms with Crippen LogP contribution >= 0.6 is 0 Å². The Morgan fingerprint density at radius 1 is 1.30 bits per heavy atom. The van der Waals surface area contributed by atoms with Crippen LogP contribution in [0.5, 0.6) is 5.75 Å². The zero-order valence-electron chi connectivity index (χ0n) is 16.0. The predicted octanol–water partition coefficient (Wildman–Crippen LogP) is 1.09. The van der Waals surface area contributed by atoms with Gasteiger partial charge >= 0.3 is 5.97 Å². The van der Waals surface area contributed by atoms with E-state index in [-0.39, 0.29) is 44.5 Å². The first-order valence-corrected chi connectivity index (χ1v) is 8.87. The van der Waals surface area contributed by atoms with E-state index in [2.05, 4.69) is 0 Å². The number of esters is 1. The summed E-state index contributed by atoms with van der Waals surface area (Å²) in [6.07, 6.45) is 0.0996. The number of rotatable bonds is 9. The highest BCUT2D eigenvalue weighted by Gasteiger charge is 2.37. The zero-order valence-corrected chi connectivity index (χ0v) is 16.0. The fraction of sp³-hybridized carbons (Fsp3) is 0.526. The second-order valence-corrected chi connectivity index (χ2v) is 6.16. The van der Waals surface area contributed by atoms with E-state index < -0.39 is 11.9 Å². The molecule has 27 heavy (non-hydrogen) atoms. The molecule has 1 aliphatic heterocycles. The number of hydrogen-bond donors (Lipinski definition) is 0. The second-order valence-electron chi connectivity index (χ2n) is 6.16. The van der Waals surface area contributed by atoms with Crippen LogP contribution in [0.2, 0.25) is 0 Å². The molecule has 0 bridgehead atoms. The van der Waals surface area contributed by atoms with Gasteiger partial charge in [0.15, 0.2) is 0 Å². The second kappa shape index (κ2) is 9.91. The summed E-state index contributed by atoms with van der Waals surface area (Å²) in [5.41, 5.74) is 0.684. The van der Waals surface area contributed by atoms with E-state index in [0.29, 0.717) is 18.0 Å². The van der Waals surface area contributed by atoms with Gasteiger partial charge in [-0.05, 0) is 19.1 Å². The number of carbonyl (C=O) groups is 3. The number of anilines is 1. The largest absolute Gasteiger partial charge is 0.497 e. The highest BCUT2D eigenvalue weighted by atomic mass is 16.5. The average molecular weight is 378 g/mol. The van der Waals surface area contributed by atoms with E-state index in [1.54, 1.807) is 43.2 Å². The molecule has 8 heteroatoms. The third-order valence-electron chi connectivity index (χ3n) is 4.34. The monoisotopic (exact) mass is 378 g/mol. The Morgan fingerprint density at radius 2 is 2.07 bits per heavy atom. The Kier molecular flexibility index (Phi) is 7.60. The standard InChI is InChI=1S/C19H26N2O6/c1-4-27-18(23)13-20(8-9-25-2)19(24)14-10-17(22)21(12-14)15-6-5-7-16(11-15)26-3/h5-7,11,14H,4,8-10,12-13H2,1-3H3. The normalized spacial score (nSPS) is 16.3. The predicted molar refractivity (Wildman–Crippen MR) is 98.5 cm³/mol. The number of carbonyl (C=O) groups excluding carboxylic acids is 3. The van der Waals surface area contributed by atoms with E-state index in [4.69, 9.17) is 14.2 Å². The van der Waals surface area contributed by atoms with Crippen molar-refractivity contribution in [3.8, 4) is 5.75 Å². The molecule has 1 heterocycles. The molecule has 148 valence electrons. The summed E-state index contributed by atoms with van der Waals surface area (Å²) < 4.78 is 15.2. The lowest BCUT2D eigenvalue weighted by Gasteiger charge is -2.24. The summed E-state index contributed by atoms with van der Waals surface area (Å²) in [7, 11) is 3.08. The first-order chi connectivity index (χ1) is 13.0. The maximum Gasteiger partial charge on any atom is 0.325 e. The third-order valence-corrected chi connectivity index (χ3v) is 4.34. The van der Waals surface area contributed by atoms with E-state index in [9.17, 15) is 14.4 Å². The van der Waals surface area contributed by atoms with Crippen LogP contribution in [-0.2, 0) is 23.9 Å². The van der Waals surface area contributed by atoms with Gasteiger partial charge in [-0.1, -0.05) is 6.07 Å². The topological polar surface area (TPSA) is 85.4 Å². The maximum absolute atomic E-state index is 12.9. The van der Waals surface area contributed by atoms with Gasteiger partial charge in [-0.25, -0.2) is 0 Å². The zero-order chi connectivity index (χ0) is 19.8. The van der Waals surface area contributed by atoms with Crippen LogP contribution in [-0.4, -0.2) is 69.8 Å². The number of ether oxygens (including phenoxy) is 3. The summed E-state index contributed by atoms with van der Waals surface area (Å²) in [6.45, 7) is 2.62. The van der Waals surface area contributed by atoms with E-state index in [0.717, 1.165) is 0 Å². The molecular formula is C19H26N2O6. The van der Waals surface area contributed by atoms with Crippen molar-refractivity contribution < 1.29 is 28.6 Å². The Hall–Kier alpha value is -2.61. The summed E-state index contributed by atoms with van der Waals surface area (Å²) in [5, 5.41) is 0. The summed E-state index contributed by atoms with van der Waals surface area (Å²) >= 11 is 0. The van der Waals surface area contributed by atoms with Gasteiger partial charge in [0.05, 0.1) is 26.2 Å². The quantitative estimate of drug-likeness (QED) is 0.598. The highest BCUT2D eigenvalue weighted by Crippen LogP contribution is 2.28. The molecule has 0 N–H and O–H groups in total. The molecular weight excluding hydrogens is 352 g/mol. The molecule has 1 aromatic carbocycles. The van der Waals surface area contributed by atoms with Crippen molar-refractivity contribution in [2.75, 3.05) is 52.0 Å². The third kappa shape index (κ3) is 5.43. The molecule has 1 aromatic rings. The van der Waals surface area contributed by atoms with E-state index in [1.807, 2.05) is 0 Å². The Balaban J connectivity index is 2.09. The molecule has 0 aromatic heterocycles. The molecule has 0 aliphatic carbocycles. The first kappa shape index (κ1) is 20.7. The molecule has 1 saturated heterocycles. The van der Waals surface area contributed by atoms with Gasteiger partial charge in [0, 0.05) is 38.4 Å². The summed E-state index contributed by atoms with van der Waals surface area (Å²) in [6, 6.07) is 7.14. The van der Waals surface area contributed by atoms with Crippen LogP contribution in [0, 0.1) is 5.92 Å². The average Bonchev–Trinajstić information content (AvgIpc) is 3.06. The van der Waals surface area contributed by atoms with Crippen LogP contribution in [0.4, 0.5) is 5.69 Å². The lowest BCUT2D eigenvalue weighted by atomic mass is 10.1. The Labute approximate surface area is 159 Å². The highest BCUT2D eigenvalue weighted by molar-refractivity contribution is 6.00. The number of nitrogens with zero attached hydrogens (tertiary/aromatic N) is 2. The minimum atomic E-state index is -0.519. The smallest absolute Gasteiger partial charge is 0.325 e. The number of methoxy groups -OCH3 is 2. The first-order valence-electron chi connectivity index (χ1n) is 8.87. The fourth-order valence-electron chi connectivity index (χ4n) is 2.99. The lowest BCUT2D eigenvalue weighted by molar-refractivity contribution is -0.150. The van der Waals surface area contributed by atoms with E-state index >= 15 is 0 Å². The van der Waals surface area contributed by atoms with Gasteiger partial charge in [0.1, 0.15) is 12.3 Å². The number of hydrogen-bond acceptors (Lipinski definition) is 6. The molecule has 2 rings (SSSR count). The SMILES string of the molecule is CCOC(=O)CN(CCOC)C(=O)C1CC(=O)N(c2cccc(OC)c2)C1. The molecule has 2 amide bonds. The van der Waals surface area contributed by atoms with Crippen molar-refractivity contribution in [2.24, 2.45) is 5.92 Å². The van der Waals surface area contributed by atoms with Crippen LogP contribution in [0.15, 0.2) is 24.3 Å². The summed E-state index contributed by atoms with van der Waals surface area (Å²) in [4.78, 5) is 40.1. The van der Waals surface area contributed by atoms with E-state index in [1.165, 1.54) is 12.0 Å². The van der Waals surface area contributed by atoms with Crippen LogP contribution in [0.1, 0.15) is 13.3 Å². The Morgan fingerprint density at radius 3 is 2.74 bits per heavy atom. The minimum absolute atomic E-state index is 0.0996. The molecule has 8 nitrogen and oxygen atoms in total. The van der Waals surface area contributed by atoms with Crippen LogP contribution in [0.3, 0.4) is 0 Å². The summed E-state index contributed by atoms with van der Waals surface area (Å²) in [5.74, 6) is -0.742. The molecule has 0 saturated carbocycles. The van der Waals surface area contributed by atoms with Crippen LogP contribution < -0.4 is 9.64 Å². The van der Waals surface area contributed by atoms with Crippen molar-refractivity contribution in [1.82, 2.24) is 4.90 Å². The maximum atomic E-state index is 12.9. The van der Waals surface area contributed by atoms with Gasteiger partial charge in [0.2, 0.25) is 11.8 Å². The molecule has 1 aliphatic rings. The van der Waals surface area contributed by atoms with Crippen LogP contribution in [0.25, 0.3) is 0 Å². The van der Waals surface area contributed by atoms with Crippen molar-refractivity contribution in [1.29, 1.82) is 0 Å². The molecule has 1 unspecified atom stereocenters. The van der Waals surface area contributed by atoms with Crippen molar-refractivity contribution >= 4 is 23.5 Å². The number of benzene rings is 1. The van der Waals surface area contributed by atoms with Gasteiger partial charge in [-0.3, -0.25) is 14.4 Å².